The molecule has 2 aromatic carbocycles. The van der Waals surface area contributed by atoms with Gasteiger partial charge in [0.1, 0.15) is 11.1 Å². The van der Waals surface area contributed by atoms with Crippen molar-refractivity contribution >= 4 is 29.4 Å². The van der Waals surface area contributed by atoms with Gasteiger partial charge in [0, 0.05) is 5.56 Å². The van der Waals surface area contributed by atoms with Crippen molar-refractivity contribution in [3.8, 4) is 17.2 Å². The molecular formula is C27H24N2O2S. The molecule has 1 heterocycles. The van der Waals surface area contributed by atoms with Gasteiger partial charge in [0.05, 0.1) is 23.6 Å². The minimum absolute atomic E-state index is 0.131. The zero-order valence-corrected chi connectivity index (χ0v) is 18.8. The number of fused-ring (bicyclic) bond motifs is 1. The summed E-state index contributed by atoms with van der Waals surface area (Å²) in [4.78, 5) is 17.0. The fourth-order valence-electron chi connectivity index (χ4n) is 3.90. The third kappa shape index (κ3) is 4.76. The van der Waals surface area contributed by atoms with E-state index in [0.717, 1.165) is 52.8 Å². The zero-order chi connectivity index (χ0) is 22.3. The summed E-state index contributed by atoms with van der Waals surface area (Å²) in [5, 5.41) is 10.6. The van der Waals surface area contributed by atoms with Crippen molar-refractivity contribution < 1.29 is 9.53 Å². The fraction of sp³-hybridized carbons (Fsp3) is 0.222. The Labute approximate surface area is 193 Å². The first-order valence-corrected chi connectivity index (χ1v) is 11.8. The van der Waals surface area contributed by atoms with Gasteiger partial charge >= 0.3 is 5.97 Å². The van der Waals surface area contributed by atoms with Crippen LogP contribution in [0.3, 0.4) is 0 Å². The molecule has 3 aromatic rings. The second kappa shape index (κ2) is 10.3. The lowest BCUT2D eigenvalue weighted by atomic mass is 9.95. The van der Waals surface area contributed by atoms with Gasteiger partial charge in [0.25, 0.3) is 0 Å². The molecule has 32 heavy (non-hydrogen) atoms. The molecule has 0 radical (unpaired) electrons. The molecule has 0 unspecified atom stereocenters. The lowest BCUT2D eigenvalue weighted by Gasteiger charge is -2.15. The van der Waals surface area contributed by atoms with Crippen LogP contribution in [0.15, 0.2) is 65.7 Å². The van der Waals surface area contributed by atoms with Crippen LogP contribution in [0, 0.1) is 11.3 Å². The second-order valence-electron chi connectivity index (χ2n) is 7.56. The molecule has 5 heteroatoms. The van der Waals surface area contributed by atoms with Crippen molar-refractivity contribution in [1.82, 2.24) is 4.98 Å². The molecule has 0 aliphatic heterocycles. The maximum atomic E-state index is 12.1. The van der Waals surface area contributed by atoms with E-state index in [9.17, 15) is 10.1 Å². The Balaban J connectivity index is 1.80. The van der Waals surface area contributed by atoms with E-state index in [1.807, 2.05) is 55.5 Å². The van der Waals surface area contributed by atoms with Crippen molar-refractivity contribution in [1.29, 1.82) is 5.26 Å². The van der Waals surface area contributed by atoms with Gasteiger partial charge in [0.2, 0.25) is 0 Å². The first-order valence-electron chi connectivity index (χ1n) is 10.8. The predicted molar refractivity (Wildman–Crippen MR) is 129 cm³/mol. The van der Waals surface area contributed by atoms with E-state index in [1.54, 1.807) is 0 Å². The Morgan fingerprint density at radius 3 is 2.53 bits per heavy atom. The number of aromatic nitrogens is 1. The molecule has 0 saturated heterocycles. The summed E-state index contributed by atoms with van der Waals surface area (Å²) < 4.78 is 5.21. The van der Waals surface area contributed by atoms with Crippen LogP contribution in [-0.2, 0) is 16.0 Å². The summed E-state index contributed by atoms with van der Waals surface area (Å²) in [6, 6.07) is 22.5. The topological polar surface area (TPSA) is 63.0 Å². The van der Waals surface area contributed by atoms with Crippen LogP contribution in [0.1, 0.15) is 42.1 Å². The average Bonchev–Trinajstić information content (AvgIpc) is 3.23. The Kier molecular flexibility index (Phi) is 7.03. The first kappa shape index (κ1) is 21.9. The first-order chi connectivity index (χ1) is 15.7. The number of pyridine rings is 1. The van der Waals surface area contributed by atoms with Gasteiger partial charge in [0.15, 0.2) is 0 Å². The largest absolute Gasteiger partial charge is 0.465 e. The highest BCUT2D eigenvalue weighted by atomic mass is 32.2. The maximum absolute atomic E-state index is 12.1. The number of thioether (sulfide) groups is 1. The van der Waals surface area contributed by atoms with Crippen LogP contribution in [0.2, 0.25) is 0 Å². The number of nitrogens with zero attached hydrogens (tertiary/aromatic N) is 2. The number of esters is 1. The van der Waals surface area contributed by atoms with E-state index >= 15 is 0 Å². The molecule has 0 N–H and O–H groups in total. The quantitative estimate of drug-likeness (QED) is 0.326. The minimum Gasteiger partial charge on any atom is -0.465 e. The van der Waals surface area contributed by atoms with Crippen LogP contribution >= 0.6 is 11.8 Å². The lowest BCUT2D eigenvalue weighted by Crippen LogP contribution is -2.09. The number of nitriles is 1. The van der Waals surface area contributed by atoms with E-state index in [2.05, 4.69) is 24.3 Å². The third-order valence-corrected chi connectivity index (χ3v) is 6.27. The number of rotatable bonds is 7. The number of carbonyl (C=O) groups is 1. The fourth-order valence-corrected chi connectivity index (χ4v) is 4.68. The predicted octanol–water partition coefficient (Wildman–Crippen LogP) is 6.15. The van der Waals surface area contributed by atoms with Crippen LogP contribution in [0.4, 0.5) is 0 Å². The molecule has 0 bridgehead atoms. The Morgan fingerprint density at radius 2 is 1.84 bits per heavy atom. The third-order valence-electron chi connectivity index (χ3n) is 5.32. The summed E-state index contributed by atoms with van der Waals surface area (Å²) in [6.45, 7) is 2.37. The van der Waals surface area contributed by atoms with E-state index in [0.29, 0.717) is 17.2 Å². The molecule has 0 spiro atoms. The number of hydrogen-bond acceptors (Lipinski definition) is 5. The van der Waals surface area contributed by atoms with Gasteiger partial charge in [-0.3, -0.25) is 4.79 Å². The van der Waals surface area contributed by atoms with Crippen molar-refractivity contribution in [3.05, 3.63) is 83.0 Å². The molecule has 0 atom stereocenters. The highest BCUT2D eigenvalue weighted by Gasteiger charge is 2.27. The number of benzene rings is 2. The molecule has 1 aromatic heterocycles. The van der Waals surface area contributed by atoms with E-state index in [4.69, 9.17) is 9.72 Å². The number of hydrogen-bond donors (Lipinski definition) is 0. The smallest absolute Gasteiger partial charge is 0.316 e. The van der Waals surface area contributed by atoms with Gasteiger partial charge in [-0.1, -0.05) is 79.3 Å². The van der Waals surface area contributed by atoms with Gasteiger partial charge in [-0.05, 0) is 47.6 Å². The highest BCUT2D eigenvalue weighted by molar-refractivity contribution is 7.99. The van der Waals surface area contributed by atoms with Crippen molar-refractivity contribution in [3.63, 3.8) is 0 Å². The summed E-state index contributed by atoms with van der Waals surface area (Å²) in [7, 11) is 0. The molecule has 0 fully saturated rings. The SMILES string of the molecule is CCCOC(=O)CSc1nc2c(c(-c3ccccc3)c1C#N)CC/C2=C/c1ccccc1. The Hall–Kier alpha value is -3.36. The van der Waals surface area contributed by atoms with Gasteiger partial charge in [-0.15, -0.1) is 0 Å². The van der Waals surface area contributed by atoms with Crippen molar-refractivity contribution in [2.45, 2.75) is 31.2 Å². The van der Waals surface area contributed by atoms with E-state index in [-0.39, 0.29) is 11.7 Å². The number of ether oxygens (including phenoxy) is 1. The molecule has 1 aliphatic carbocycles. The van der Waals surface area contributed by atoms with Crippen LogP contribution in [0.25, 0.3) is 22.8 Å². The summed E-state index contributed by atoms with van der Waals surface area (Å²) in [5.41, 5.74) is 6.77. The van der Waals surface area contributed by atoms with E-state index < -0.39 is 0 Å². The molecule has 0 amide bonds. The highest BCUT2D eigenvalue weighted by Crippen LogP contribution is 2.42. The lowest BCUT2D eigenvalue weighted by molar-refractivity contribution is -0.140. The summed E-state index contributed by atoms with van der Waals surface area (Å²) in [6.07, 6.45) is 4.66. The number of carbonyl (C=O) groups excluding carboxylic acids is 1. The van der Waals surface area contributed by atoms with Crippen LogP contribution in [-0.4, -0.2) is 23.3 Å². The summed E-state index contributed by atoms with van der Waals surface area (Å²) >= 11 is 1.28. The second-order valence-corrected chi connectivity index (χ2v) is 8.53. The minimum atomic E-state index is -0.288. The van der Waals surface area contributed by atoms with Crippen LogP contribution < -0.4 is 0 Å². The molecule has 1 aliphatic rings. The Morgan fingerprint density at radius 1 is 1.12 bits per heavy atom. The average molecular weight is 441 g/mol. The van der Waals surface area contributed by atoms with Gasteiger partial charge < -0.3 is 4.74 Å². The van der Waals surface area contributed by atoms with Crippen molar-refractivity contribution in [2.24, 2.45) is 0 Å². The standard InChI is InChI=1S/C27H24N2O2S/c1-2-15-31-24(30)18-32-27-23(17-28)25(20-11-7-4-8-12-20)22-14-13-21(26(22)29-27)16-19-9-5-3-6-10-19/h3-12,16H,2,13-15,18H2,1H3/b21-16-. The summed E-state index contributed by atoms with van der Waals surface area (Å²) in [5.74, 6) is -0.156. The molecule has 160 valence electrons. The normalized spacial score (nSPS) is 13.6. The number of allylic oxidation sites excluding steroid dienone is 1. The molecule has 4 rings (SSSR count). The molecular weight excluding hydrogens is 416 g/mol. The van der Waals surface area contributed by atoms with Gasteiger partial charge in [-0.2, -0.15) is 5.26 Å². The zero-order valence-electron chi connectivity index (χ0n) is 18.0. The Bertz CT molecular complexity index is 1180. The molecule has 0 saturated carbocycles. The van der Waals surface area contributed by atoms with Gasteiger partial charge in [-0.25, -0.2) is 4.98 Å². The monoisotopic (exact) mass is 440 g/mol. The van der Waals surface area contributed by atoms with E-state index in [1.165, 1.54) is 11.8 Å². The maximum Gasteiger partial charge on any atom is 0.316 e. The van der Waals surface area contributed by atoms with Crippen LogP contribution in [0.5, 0.6) is 0 Å². The molecule has 4 nitrogen and oxygen atoms in total. The van der Waals surface area contributed by atoms with Crippen molar-refractivity contribution in [2.75, 3.05) is 12.4 Å².